The van der Waals surface area contributed by atoms with Gasteiger partial charge in [0.15, 0.2) is 0 Å². The molecule has 0 spiro atoms. The van der Waals surface area contributed by atoms with Crippen molar-refractivity contribution in [3.8, 4) is 5.75 Å². The van der Waals surface area contributed by atoms with Crippen molar-refractivity contribution in [2.24, 2.45) is 0 Å². The van der Waals surface area contributed by atoms with E-state index in [2.05, 4.69) is 10.3 Å². The lowest BCUT2D eigenvalue weighted by atomic mass is 10.2. The van der Waals surface area contributed by atoms with Crippen LogP contribution in [0.4, 0.5) is 11.5 Å². The molecule has 23 heavy (non-hydrogen) atoms. The zero-order valence-electron chi connectivity index (χ0n) is 13.1. The fraction of sp³-hybridized carbons (Fsp3) is 0.250. The van der Waals surface area contributed by atoms with Crippen molar-refractivity contribution in [2.75, 3.05) is 5.32 Å². The molecule has 0 bridgehead atoms. The molecule has 0 saturated heterocycles. The molecule has 2 rings (SSSR count). The number of nitrogens with one attached hydrogen (secondary N) is 1. The van der Waals surface area contributed by atoms with E-state index in [1.807, 2.05) is 13.8 Å². The van der Waals surface area contributed by atoms with Crippen LogP contribution in [-0.4, -0.2) is 21.9 Å². The zero-order chi connectivity index (χ0) is 17.0. The molecule has 7 heteroatoms. The molecule has 0 aliphatic rings. The number of rotatable bonds is 5. The van der Waals surface area contributed by atoms with Crippen LogP contribution < -0.4 is 10.1 Å². The van der Waals surface area contributed by atoms with Crippen LogP contribution in [0.15, 0.2) is 36.5 Å². The van der Waals surface area contributed by atoms with Crippen molar-refractivity contribution < 1.29 is 14.5 Å². The molecular weight excluding hydrogens is 298 g/mol. The first-order valence-corrected chi connectivity index (χ1v) is 7.06. The second-order valence-electron chi connectivity index (χ2n) is 5.26. The number of aromatic nitrogens is 1. The van der Waals surface area contributed by atoms with Gasteiger partial charge in [0.05, 0.1) is 11.0 Å². The molecule has 1 N–H and O–H groups in total. The lowest BCUT2D eigenvalue weighted by molar-refractivity contribution is -0.385. The van der Waals surface area contributed by atoms with Gasteiger partial charge in [-0.3, -0.25) is 14.9 Å². The van der Waals surface area contributed by atoms with E-state index < -0.39 is 4.92 Å². The van der Waals surface area contributed by atoms with Gasteiger partial charge >= 0.3 is 0 Å². The summed E-state index contributed by atoms with van der Waals surface area (Å²) in [6, 6.07) is 8.08. The van der Waals surface area contributed by atoms with Gasteiger partial charge in [0.25, 0.3) is 11.6 Å². The third kappa shape index (κ3) is 4.26. The fourth-order valence-corrected chi connectivity index (χ4v) is 1.93. The normalized spacial score (nSPS) is 10.4. The lowest BCUT2D eigenvalue weighted by Crippen LogP contribution is -2.14. The maximum atomic E-state index is 12.2. The van der Waals surface area contributed by atoms with Crippen LogP contribution in [0.1, 0.15) is 29.8 Å². The molecule has 0 radical (unpaired) electrons. The first-order chi connectivity index (χ1) is 10.9. The van der Waals surface area contributed by atoms with Gasteiger partial charge in [-0.15, -0.1) is 0 Å². The second kappa shape index (κ2) is 6.87. The standard InChI is InChI=1S/C16H17N3O4/c1-10(2)23-14-6-4-12(5-7-14)16(20)18-15-11(3)8-13(9-17-15)19(21)22/h4-10H,1-3H3,(H,17,18,20). The van der Waals surface area contributed by atoms with Crippen LogP contribution in [0.2, 0.25) is 0 Å². The summed E-state index contributed by atoms with van der Waals surface area (Å²) in [5.74, 6) is 0.634. The maximum Gasteiger partial charge on any atom is 0.287 e. The number of aryl methyl sites for hydroxylation is 1. The number of anilines is 1. The highest BCUT2D eigenvalue weighted by Gasteiger charge is 2.13. The van der Waals surface area contributed by atoms with E-state index in [4.69, 9.17) is 4.74 Å². The van der Waals surface area contributed by atoms with Crippen LogP contribution in [-0.2, 0) is 0 Å². The maximum absolute atomic E-state index is 12.2. The number of hydrogen-bond donors (Lipinski definition) is 1. The Morgan fingerprint density at radius 1 is 1.30 bits per heavy atom. The van der Waals surface area contributed by atoms with Crippen LogP contribution in [0, 0.1) is 17.0 Å². The van der Waals surface area contributed by atoms with Gasteiger partial charge in [-0.05, 0) is 50.6 Å². The van der Waals surface area contributed by atoms with Crippen molar-refractivity contribution >= 4 is 17.4 Å². The molecule has 1 aromatic heterocycles. The van der Waals surface area contributed by atoms with E-state index in [0.717, 1.165) is 6.20 Å². The number of carbonyl (C=O) groups is 1. The number of hydrogen-bond acceptors (Lipinski definition) is 5. The predicted molar refractivity (Wildman–Crippen MR) is 85.8 cm³/mol. The van der Waals surface area contributed by atoms with Crippen molar-refractivity contribution in [1.82, 2.24) is 4.98 Å². The highest BCUT2D eigenvalue weighted by Crippen LogP contribution is 2.19. The Morgan fingerprint density at radius 2 is 1.96 bits per heavy atom. The molecule has 1 aromatic carbocycles. The summed E-state index contributed by atoms with van der Waals surface area (Å²) in [5.41, 5.74) is 0.851. The summed E-state index contributed by atoms with van der Waals surface area (Å²) in [5, 5.41) is 13.3. The number of carbonyl (C=O) groups excluding carboxylic acids is 1. The summed E-state index contributed by atoms with van der Waals surface area (Å²) < 4.78 is 5.51. The van der Waals surface area contributed by atoms with Gasteiger partial charge in [-0.2, -0.15) is 0 Å². The summed E-state index contributed by atoms with van der Waals surface area (Å²) in [6.07, 6.45) is 1.17. The first-order valence-electron chi connectivity index (χ1n) is 7.06. The fourth-order valence-electron chi connectivity index (χ4n) is 1.93. The predicted octanol–water partition coefficient (Wildman–Crippen LogP) is 3.34. The van der Waals surface area contributed by atoms with Gasteiger partial charge in [0, 0.05) is 11.6 Å². The minimum Gasteiger partial charge on any atom is -0.491 e. The minimum absolute atomic E-state index is 0.0571. The Morgan fingerprint density at radius 3 is 2.48 bits per heavy atom. The Kier molecular flexibility index (Phi) is 4.90. The molecule has 0 aliphatic heterocycles. The van der Waals surface area contributed by atoms with Crippen LogP contribution in [0.3, 0.4) is 0 Å². The Hall–Kier alpha value is -2.96. The summed E-state index contributed by atoms with van der Waals surface area (Å²) in [4.78, 5) is 26.3. The van der Waals surface area contributed by atoms with E-state index >= 15 is 0 Å². The molecular formula is C16H17N3O4. The van der Waals surface area contributed by atoms with E-state index in [0.29, 0.717) is 22.7 Å². The minimum atomic E-state index is -0.529. The molecule has 0 fully saturated rings. The van der Waals surface area contributed by atoms with Gasteiger partial charge in [-0.1, -0.05) is 0 Å². The highest BCUT2D eigenvalue weighted by molar-refractivity contribution is 6.04. The lowest BCUT2D eigenvalue weighted by Gasteiger charge is -2.10. The van der Waals surface area contributed by atoms with Crippen molar-refractivity contribution in [3.05, 3.63) is 57.8 Å². The molecule has 0 saturated carbocycles. The number of benzene rings is 1. The van der Waals surface area contributed by atoms with Crippen LogP contribution >= 0.6 is 0 Å². The largest absolute Gasteiger partial charge is 0.491 e. The highest BCUT2D eigenvalue weighted by atomic mass is 16.6. The number of amides is 1. The first kappa shape index (κ1) is 16.4. The summed E-state index contributed by atoms with van der Waals surface area (Å²) in [7, 11) is 0. The number of nitro groups is 1. The third-order valence-electron chi connectivity index (χ3n) is 2.99. The quantitative estimate of drug-likeness (QED) is 0.674. The molecule has 120 valence electrons. The van der Waals surface area contributed by atoms with Crippen LogP contribution in [0.5, 0.6) is 5.75 Å². The van der Waals surface area contributed by atoms with E-state index in [9.17, 15) is 14.9 Å². The Bertz CT molecular complexity index is 727. The van der Waals surface area contributed by atoms with Crippen LogP contribution in [0.25, 0.3) is 0 Å². The van der Waals surface area contributed by atoms with Gasteiger partial charge in [0.1, 0.15) is 17.8 Å². The molecule has 1 amide bonds. The number of ether oxygens (including phenoxy) is 1. The average Bonchev–Trinajstić information content (AvgIpc) is 2.49. The number of nitrogens with zero attached hydrogens (tertiary/aromatic N) is 2. The van der Waals surface area contributed by atoms with E-state index in [1.54, 1.807) is 31.2 Å². The van der Waals surface area contributed by atoms with Crippen molar-refractivity contribution in [1.29, 1.82) is 0 Å². The molecule has 0 atom stereocenters. The SMILES string of the molecule is Cc1cc([N+](=O)[O-])cnc1NC(=O)c1ccc(OC(C)C)cc1. The van der Waals surface area contributed by atoms with Gasteiger partial charge in [-0.25, -0.2) is 4.98 Å². The Balaban J connectivity index is 2.11. The summed E-state index contributed by atoms with van der Waals surface area (Å²) >= 11 is 0. The molecule has 1 heterocycles. The Labute approximate surface area is 133 Å². The number of pyridine rings is 1. The molecule has 0 aliphatic carbocycles. The van der Waals surface area contributed by atoms with E-state index in [1.165, 1.54) is 6.07 Å². The molecule has 2 aromatic rings. The van der Waals surface area contributed by atoms with Crippen molar-refractivity contribution in [2.45, 2.75) is 26.9 Å². The monoisotopic (exact) mass is 315 g/mol. The smallest absolute Gasteiger partial charge is 0.287 e. The average molecular weight is 315 g/mol. The van der Waals surface area contributed by atoms with Crippen molar-refractivity contribution in [3.63, 3.8) is 0 Å². The third-order valence-corrected chi connectivity index (χ3v) is 2.99. The van der Waals surface area contributed by atoms with E-state index in [-0.39, 0.29) is 17.7 Å². The van der Waals surface area contributed by atoms with Gasteiger partial charge in [0.2, 0.25) is 0 Å². The summed E-state index contributed by atoms with van der Waals surface area (Å²) in [6.45, 7) is 5.49. The zero-order valence-corrected chi connectivity index (χ0v) is 13.1. The topological polar surface area (TPSA) is 94.4 Å². The second-order valence-corrected chi connectivity index (χ2v) is 5.26. The van der Waals surface area contributed by atoms with Gasteiger partial charge < -0.3 is 10.1 Å². The molecule has 0 unspecified atom stereocenters. The molecule has 7 nitrogen and oxygen atoms in total.